The predicted molar refractivity (Wildman–Crippen MR) is 52.8 cm³/mol. The number of amides is 1. The van der Waals surface area contributed by atoms with Gasteiger partial charge in [0.15, 0.2) is 0 Å². The lowest BCUT2D eigenvalue weighted by atomic mass is 9.84. The molecular weight excluding hydrogens is 186 g/mol. The number of carbonyl (C=O) groups excluding carboxylic acids is 1. The highest BCUT2D eigenvalue weighted by molar-refractivity contribution is 6.20. The van der Waals surface area contributed by atoms with Crippen LogP contribution in [0.4, 0.5) is 0 Å². The van der Waals surface area contributed by atoms with E-state index in [0.717, 1.165) is 38.8 Å². The number of hydrogen-bond donors (Lipinski definition) is 0. The summed E-state index contributed by atoms with van der Waals surface area (Å²) in [5, 5.41) is 0.192. The molecule has 0 bridgehead atoms. The first-order valence-corrected chi connectivity index (χ1v) is 5.64. The third-order valence-corrected chi connectivity index (χ3v) is 3.49. The molecule has 0 aromatic heterocycles. The maximum atomic E-state index is 11.8. The standard InChI is InChI=1S/C10H16ClNO/c11-9-5-2-6-12(7-9)10(13)8-3-1-4-8/h8-9H,1-7H2. The van der Waals surface area contributed by atoms with Gasteiger partial charge in [-0.3, -0.25) is 4.79 Å². The Morgan fingerprint density at radius 2 is 2.00 bits per heavy atom. The SMILES string of the molecule is O=C(C1CCC1)N1CCCC(Cl)C1. The summed E-state index contributed by atoms with van der Waals surface area (Å²) in [7, 11) is 0. The average molecular weight is 202 g/mol. The molecule has 13 heavy (non-hydrogen) atoms. The van der Waals surface area contributed by atoms with Crippen LogP contribution in [0.15, 0.2) is 0 Å². The maximum absolute atomic E-state index is 11.8. The van der Waals surface area contributed by atoms with Crippen molar-refractivity contribution in [2.45, 2.75) is 37.5 Å². The highest BCUT2D eigenvalue weighted by Crippen LogP contribution is 2.29. The van der Waals surface area contributed by atoms with Gasteiger partial charge in [0.05, 0.1) is 5.38 Å². The Hall–Kier alpha value is -0.240. The van der Waals surface area contributed by atoms with Crippen molar-refractivity contribution in [3.8, 4) is 0 Å². The summed E-state index contributed by atoms with van der Waals surface area (Å²) in [6.45, 7) is 1.70. The maximum Gasteiger partial charge on any atom is 0.225 e. The van der Waals surface area contributed by atoms with E-state index in [1.165, 1.54) is 6.42 Å². The van der Waals surface area contributed by atoms with Crippen LogP contribution >= 0.6 is 11.6 Å². The Morgan fingerprint density at radius 3 is 2.54 bits per heavy atom. The molecule has 1 unspecified atom stereocenters. The largest absolute Gasteiger partial charge is 0.341 e. The van der Waals surface area contributed by atoms with Crippen molar-refractivity contribution in [3.63, 3.8) is 0 Å². The van der Waals surface area contributed by atoms with Gasteiger partial charge in [-0.05, 0) is 25.7 Å². The molecule has 1 saturated heterocycles. The predicted octanol–water partition coefficient (Wildman–Crippen LogP) is 2.02. The molecule has 0 spiro atoms. The van der Waals surface area contributed by atoms with Crippen LogP contribution in [0.1, 0.15) is 32.1 Å². The Bertz CT molecular complexity index is 203. The first-order valence-electron chi connectivity index (χ1n) is 5.20. The summed E-state index contributed by atoms with van der Waals surface area (Å²) in [5.74, 6) is 0.693. The Kier molecular flexibility index (Phi) is 2.77. The summed E-state index contributed by atoms with van der Waals surface area (Å²) < 4.78 is 0. The number of halogens is 1. The Balaban J connectivity index is 1.87. The molecule has 1 aliphatic carbocycles. The van der Waals surface area contributed by atoms with Gasteiger partial charge >= 0.3 is 0 Å². The zero-order valence-electron chi connectivity index (χ0n) is 7.84. The fraction of sp³-hybridized carbons (Fsp3) is 0.900. The monoisotopic (exact) mass is 201 g/mol. The normalized spacial score (nSPS) is 29.9. The topological polar surface area (TPSA) is 20.3 Å². The number of likely N-dealkylation sites (tertiary alicyclic amines) is 1. The summed E-state index contributed by atoms with van der Waals surface area (Å²) in [6.07, 6.45) is 5.57. The summed E-state index contributed by atoms with van der Waals surface area (Å²) in [5.41, 5.74) is 0. The van der Waals surface area contributed by atoms with Gasteiger partial charge in [-0.2, -0.15) is 0 Å². The lowest BCUT2D eigenvalue weighted by Gasteiger charge is -2.35. The van der Waals surface area contributed by atoms with Crippen LogP contribution in [0.5, 0.6) is 0 Å². The van der Waals surface area contributed by atoms with Gasteiger partial charge in [0.25, 0.3) is 0 Å². The van der Waals surface area contributed by atoms with Crippen LogP contribution in [0.25, 0.3) is 0 Å². The van der Waals surface area contributed by atoms with Gasteiger partial charge in [-0.25, -0.2) is 0 Å². The lowest BCUT2D eigenvalue weighted by molar-refractivity contribution is -0.138. The van der Waals surface area contributed by atoms with E-state index >= 15 is 0 Å². The molecular formula is C10H16ClNO. The zero-order chi connectivity index (χ0) is 9.26. The van der Waals surface area contributed by atoms with Crippen LogP contribution in [0, 0.1) is 5.92 Å². The molecule has 1 heterocycles. The molecule has 1 aliphatic heterocycles. The van der Waals surface area contributed by atoms with Gasteiger partial charge < -0.3 is 4.90 Å². The van der Waals surface area contributed by atoms with Gasteiger partial charge in [-0.1, -0.05) is 6.42 Å². The van der Waals surface area contributed by atoms with E-state index in [9.17, 15) is 4.79 Å². The fourth-order valence-corrected chi connectivity index (χ4v) is 2.36. The van der Waals surface area contributed by atoms with Gasteiger partial charge in [0.2, 0.25) is 5.91 Å². The second-order valence-electron chi connectivity index (χ2n) is 4.15. The number of carbonyl (C=O) groups is 1. The van der Waals surface area contributed by atoms with E-state index in [2.05, 4.69) is 0 Å². The van der Waals surface area contributed by atoms with Gasteiger partial charge in [-0.15, -0.1) is 11.6 Å². The van der Waals surface area contributed by atoms with Gasteiger partial charge in [0.1, 0.15) is 0 Å². The molecule has 1 saturated carbocycles. The average Bonchev–Trinajstić information content (AvgIpc) is 2.01. The third kappa shape index (κ3) is 1.98. The first-order chi connectivity index (χ1) is 6.27. The highest BCUT2D eigenvalue weighted by Gasteiger charge is 2.31. The van der Waals surface area contributed by atoms with Crippen molar-refractivity contribution >= 4 is 17.5 Å². The van der Waals surface area contributed by atoms with Crippen LogP contribution in [-0.4, -0.2) is 29.3 Å². The van der Waals surface area contributed by atoms with E-state index in [0.29, 0.717) is 11.8 Å². The number of nitrogens with zero attached hydrogens (tertiary/aromatic N) is 1. The summed E-state index contributed by atoms with van der Waals surface area (Å²) >= 11 is 6.03. The van der Waals surface area contributed by atoms with E-state index in [1.807, 2.05) is 4.90 Å². The molecule has 3 heteroatoms. The van der Waals surface area contributed by atoms with Crippen molar-refractivity contribution < 1.29 is 4.79 Å². The van der Waals surface area contributed by atoms with Crippen molar-refractivity contribution in [2.75, 3.05) is 13.1 Å². The number of piperidine rings is 1. The number of hydrogen-bond acceptors (Lipinski definition) is 1. The van der Waals surface area contributed by atoms with Crippen LogP contribution in [-0.2, 0) is 4.79 Å². The summed E-state index contributed by atoms with van der Waals surface area (Å²) in [4.78, 5) is 13.8. The molecule has 2 aliphatic rings. The molecule has 2 nitrogen and oxygen atoms in total. The number of rotatable bonds is 1. The smallest absolute Gasteiger partial charge is 0.225 e. The van der Waals surface area contributed by atoms with Crippen LogP contribution in [0.2, 0.25) is 0 Å². The van der Waals surface area contributed by atoms with Crippen molar-refractivity contribution in [3.05, 3.63) is 0 Å². The third-order valence-electron chi connectivity index (χ3n) is 3.13. The van der Waals surface area contributed by atoms with Gasteiger partial charge in [0, 0.05) is 19.0 Å². The molecule has 74 valence electrons. The van der Waals surface area contributed by atoms with E-state index < -0.39 is 0 Å². The molecule has 2 rings (SSSR count). The minimum Gasteiger partial charge on any atom is -0.341 e. The molecule has 1 amide bonds. The highest BCUT2D eigenvalue weighted by atomic mass is 35.5. The minimum absolute atomic E-state index is 0.192. The van der Waals surface area contributed by atoms with Crippen molar-refractivity contribution in [1.29, 1.82) is 0 Å². The molecule has 0 aromatic rings. The quantitative estimate of drug-likeness (QED) is 0.595. The Morgan fingerprint density at radius 1 is 1.23 bits per heavy atom. The first kappa shape index (κ1) is 9.32. The fourth-order valence-electron chi connectivity index (χ4n) is 2.04. The molecule has 0 N–H and O–H groups in total. The molecule has 0 radical (unpaired) electrons. The van der Waals surface area contributed by atoms with Crippen molar-refractivity contribution in [1.82, 2.24) is 4.90 Å². The minimum atomic E-state index is 0.192. The molecule has 2 fully saturated rings. The van der Waals surface area contributed by atoms with Crippen molar-refractivity contribution in [2.24, 2.45) is 5.92 Å². The summed E-state index contributed by atoms with van der Waals surface area (Å²) in [6, 6.07) is 0. The van der Waals surface area contributed by atoms with E-state index in [4.69, 9.17) is 11.6 Å². The van der Waals surface area contributed by atoms with Crippen LogP contribution in [0.3, 0.4) is 0 Å². The zero-order valence-corrected chi connectivity index (χ0v) is 8.59. The Labute approximate surface area is 84.2 Å². The lowest BCUT2D eigenvalue weighted by Crippen LogP contribution is -2.44. The van der Waals surface area contributed by atoms with E-state index in [-0.39, 0.29) is 5.38 Å². The second kappa shape index (κ2) is 3.87. The molecule has 1 atom stereocenters. The number of alkyl halides is 1. The molecule has 0 aromatic carbocycles. The van der Waals surface area contributed by atoms with Crippen LogP contribution < -0.4 is 0 Å². The van der Waals surface area contributed by atoms with E-state index in [1.54, 1.807) is 0 Å². The second-order valence-corrected chi connectivity index (χ2v) is 4.77.